The fraction of sp³-hybridized carbons (Fsp3) is 0.273. The third-order valence-corrected chi connectivity index (χ3v) is 4.48. The molecule has 0 fully saturated rings. The van der Waals surface area contributed by atoms with Crippen LogP contribution >= 0.6 is 0 Å². The Morgan fingerprint density at radius 2 is 1.48 bits per heavy atom. The van der Waals surface area contributed by atoms with E-state index in [0.29, 0.717) is 30.4 Å². The van der Waals surface area contributed by atoms with Gasteiger partial charge in [0.15, 0.2) is 0 Å². The van der Waals surface area contributed by atoms with Crippen molar-refractivity contribution in [2.45, 2.75) is 20.8 Å². The molecule has 1 N–H and O–H groups in total. The summed E-state index contributed by atoms with van der Waals surface area (Å²) in [5.74, 6) is 0.457. The molecule has 0 unspecified atom stereocenters. The van der Waals surface area contributed by atoms with Gasteiger partial charge in [0.2, 0.25) is 17.7 Å². The SMILES string of the molecule is CCNC(=O)CN(CC)C(=O)c1ccc(-c2nnc(-c3ccc(C)cc3)o2)cc1. The maximum atomic E-state index is 12.7. The first-order valence-corrected chi connectivity index (χ1v) is 9.58. The summed E-state index contributed by atoms with van der Waals surface area (Å²) in [6.07, 6.45) is 0. The van der Waals surface area contributed by atoms with Crippen LogP contribution in [-0.4, -0.2) is 46.5 Å². The van der Waals surface area contributed by atoms with Gasteiger partial charge in [-0.1, -0.05) is 17.7 Å². The van der Waals surface area contributed by atoms with Crippen molar-refractivity contribution in [3.8, 4) is 22.9 Å². The molecule has 0 aliphatic rings. The van der Waals surface area contributed by atoms with Crippen LogP contribution in [0.1, 0.15) is 29.8 Å². The molecule has 2 aromatic carbocycles. The monoisotopic (exact) mass is 392 g/mol. The van der Waals surface area contributed by atoms with Gasteiger partial charge in [-0.15, -0.1) is 10.2 Å². The highest BCUT2D eigenvalue weighted by atomic mass is 16.4. The number of carbonyl (C=O) groups excluding carboxylic acids is 2. The van der Waals surface area contributed by atoms with E-state index in [1.54, 1.807) is 24.3 Å². The molecule has 7 heteroatoms. The fourth-order valence-electron chi connectivity index (χ4n) is 2.84. The van der Waals surface area contributed by atoms with Crippen LogP contribution in [0.5, 0.6) is 0 Å². The van der Waals surface area contributed by atoms with Gasteiger partial charge >= 0.3 is 0 Å². The quantitative estimate of drug-likeness (QED) is 0.666. The van der Waals surface area contributed by atoms with E-state index in [4.69, 9.17) is 4.42 Å². The van der Waals surface area contributed by atoms with E-state index in [9.17, 15) is 9.59 Å². The van der Waals surface area contributed by atoms with E-state index in [0.717, 1.165) is 16.7 Å². The van der Waals surface area contributed by atoms with Crippen molar-refractivity contribution in [1.29, 1.82) is 0 Å². The second-order valence-corrected chi connectivity index (χ2v) is 6.63. The van der Waals surface area contributed by atoms with Gasteiger partial charge in [-0.2, -0.15) is 0 Å². The molecule has 3 rings (SSSR count). The lowest BCUT2D eigenvalue weighted by Gasteiger charge is -2.20. The molecule has 0 bridgehead atoms. The predicted octanol–water partition coefficient (Wildman–Crippen LogP) is 3.31. The minimum Gasteiger partial charge on any atom is -0.416 e. The molecule has 0 saturated heterocycles. The van der Waals surface area contributed by atoms with Crippen LogP contribution < -0.4 is 5.32 Å². The van der Waals surface area contributed by atoms with Crippen molar-refractivity contribution in [3.63, 3.8) is 0 Å². The van der Waals surface area contributed by atoms with Crippen LogP contribution in [0, 0.1) is 6.92 Å². The molecule has 150 valence electrons. The maximum absolute atomic E-state index is 12.7. The van der Waals surface area contributed by atoms with Crippen LogP contribution in [0.4, 0.5) is 0 Å². The third kappa shape index (κ3) is 4.87. The Kier molecular flexibility index (Phi) is 6.39. The molecule has 0 saturated carbocycles. The van der Waals surface area contributed by atoms with Crippen LogP contribution in [-0.2, 0) is 4.79 Å². The van der Waals surface area contributed by atoms with E-state index >= 15 is 0 Å². The summed E-state index contributed by atoms with van der Waals surface area (Å²) in [4.78, 5) is 26.0. The van der Waals surface area contributed by atoms with Crippen LogP contribution in [0.25, 0.3) is 22.9 Å². The summed E-state index contributed by atoms with van der Waals surface area (Å²) < 4.78 is 5.77. The summed E-state index contributed by atoms with van der Waals surface area (Å²) in [6.45, 7) is 6.72. The number of amides is 2. The molecular weight excluding hydrogens is 368 g/mol. The number of aromatic nitrogens is 2. The number of likely N-dealkylation sites (N-methyl/N-ethyl adjacent to an activating group) is 2. The molecule has 0 radical (unpaired) electrons. The third-order valence-electron chi connectivity index (χ3n) is 4.48. The number of aryl methyl sites for hydroxylation is 1. The Labute approximate surface area is 169 Å². The average molecular weight is 392 g/mol. The van der Waals surface area contributed by atoms with Crippen LogP contribution in [0.2, 0.25) is 0 Å². The number of rotatable bonds is 7. The fourth-order valence-corrected chi connectivity index (χ4v) is 2.84. The van der Waals surface area contributed by atoms with Crippen molar-refractivity contribution >= 4 is 11.8 Å². The van der Waals surface area contributed by atoms with Crippen molar-refractivity contribution in [2.75, 3.05) is 19.6 Å². The maximum Gasteiger partial charge on any atom is 0.254 e. The number of carbonyl (C=O) groups is 2. The van der Waals surface area contributed by atoms with Gasteiger partial charge in [0.05, 0.1) is 6.54 Å². The molecule has 0 aliphatic carbocycles. The molecule has 0 spiro atoms. The summed E-state index contributed by atoms with van der Waals surface area (Å²) in [5.41, 5.74) is 3.23. The Morgan fingerprint density at radius 3 is 2.00 bits per heavy atom. The summed E-state index contributed by atoms with van der Waals surface area (Å²) in [6, 6.07) is 14.8. The lowest BCUT2D eigenvalue weighted by molar-refractivity contribution is -0.121. The van der Waals surface area contributed by atoms with E-state index < -0.39 is 0 Å². The van der Waals surface area contributed by atoms with Crippen LogP contribution in [0.3, 0.4) is 0 Å². The van der Waals surface area contributed by atoms with Gasteiger partial charge < -0.3 is 14.6 Å². The standard InChI is InChI=1S/C22H24N4O3/c1-4-23-19(27)14-26(5-2)22(28)18-12-10-17(11-13-18)21-25-24-20(29-21)16-8-6-15(3)7-9-16/h6-13H,4-5,14H2,1-3H3,(H,23,27). The number of hydrogen-bond acceptors (Lipinski definition) is 5. The van der Waals surface area contributed by atoms with Crippen molar-refractivity contribution in [2.24, 2.45) is 0 Å². The smallest absolute Gasteiger partial charge is 0.254 e. The molecule has 1 aromatic heterocycles. The highest BCUT2D eigenvalue weighted by Gasteiger charge is 2.18. The highest BCUT2D eigenvalue weighted by molar-refractivity contribution is 5.96. The summed E-state index contributed by atoms with van der Waals surface area (Å²) in [5, 5.41) is 10.9. The lowest BCUT2D eigenvalue weighted by Crippen LogP contribution is -2.40. The Hall–Kier alpha value is -3.48. The normalized spacial score (nSPS) is 10.6. The largest absolute Gasteiger partial charge is 0.416 e. The molecular formula is C22H24N4O3. The molecule has 0 atom stereocenters. The van der Waals surface area contributed by atoms with E-state index in [1.165, 1.54) is 4.90 Å². The molecule has 0 aliphatic heterocycles. The lowest BCUT2D eigenvalue weighted by atomic mass is 10.1. The zero-order valence-corrected chi connectivity index (χ0v) is 16.8. The minimum atomic E-state index is -0.198. The van der Waals surface area contributed by atoms with Gasteiger partial charge in [0.25, 0.3) is 5.91 Å². The molecule has 1 heterocycles. The topological polar surface area (TPSA) is 88.3 Å². The van der Waals surface area contributed by atoms with Gasteiger partial charge in [-0.05, 0) is 57.2 Å². The van der Waals surface area contributed by atoms with Gasteiger partial charge in [-0.25, -0.2) is 0 Å². The Bertz CT molecular complexity index is 978. The highest BCUT2D eigenvalue weighted by Crippen LogP contribution is 2.24. The summed E-state index contributed by atoms with van der Waals surface area (Å²) in [7, 11) is 0. The number of benzene rings is 2. The second-order valence-electron chi connectivity index (χ2n) is 6.63. The second kappa shape index (κ2) is 9.14. The zero-order valence-electron chi connectivity index (χ0n) is 16.8. The molecule has 3 aromatic rings. The number of hydrogen-bond donors (Lipinski definition) is 1. The molecule has 7 nitrogen and oxygen atoms in total. The van der Waals surface area contributed by atoms with Crippen molar-refractivity contribution in [3.05, 3.63) is 59.7 Å². The first kappa shape index (κ1) is 20.3. The Balaban J connectivity index is 1.73. The van der Waals surface area contributed by atoms with E-state index in [-0.39, 0.29) is 18.4 Å². The minimum absolute atomic E-state index is 0.0362. The van der Waals surface area contributed by atoms with Crippen molar-refractivity contribution < 1.29 is 14.0 Å². The molecule has 2 amide bonds. The predicted molar refractivity (Wildman–Crippen MR) is 110 cm³/mol. The number of nitrogens with zero attached hydrogens (tertiary/aromatic N) is 3. The Morgan fingerprint density at radius 1 is 0.931 bits per heavy atom. The van der Waals surface area contributed by atoms with Gasteiger partial charge in [0.1, 0.15) is 0 Å². The van der Waals surface area contributed by atoms with Crippen LogP contribution in [0.15, 0.2) is 52.9 Å². The van der Waals surface area contributed by atoms with E-state index in [1.807, 2.05) is 45.0 Å². The zero-order chi connectivity index (χ0) is 20.8. The molecule has 29 heavy (non-hydrogen) atoms. The summed E-state index contributed by atoms with van der Waals surface area (Å²) >= 11 is 0. The average Bonchev–Trinajstić information content (AvgIpc) is 3.22. The number of nitrogens with one attached hydrogen (secondary N) is 1. The first-order chi connectivity index (χ1) is 14.0. The van der Waals surface area contributed by atoms with Gasteiger partial charge in [0, 0.05) is 29.8 Å². The first-order valence-electron chi connectivity index (χ1n) is 9.58. The van der Waals surface area contributed by atoms with Crippen molar-refractivity contribution in [1.82, 2.24) is 20.4 Å². The van der Waals surface area contributed by atoms with Gasteiger partial charge in [-0.3, -0.25) is 9.59 Å². The van der Waals surface area contributed by atoms with E-state index in [2.05, 4.69) is 15.5 Å².